The van der Waals surface area contributed by atoms with Gasteiger partial charge < -0.3 is 9.80 Å². The highest BCUT2D eigenvalue weighted by molar-refractivity contribution is 6.15. The van der Waals surface area contributed by atoms with Gasteiger partial charge in [-0.1, -0.05) is 131 Å². The summed E-state index contributed by atoms with van der Waals surface area (Å²) in [4.78, 5) is 15.5. The van der Waals surface area contributed by atoms with Gasteiger partial charge in [-0.25, -0.2) is 0 Å². The van der Waals surface area contributed by atoms with Gasteiger partial charge in [0.05, 0.1) is 25.2 Å². The van der Waals surface area contributed by atoms with E-state index in [1.807, 2.05) is 0 Å². The fourth-order valence-electron chi connectivity index (χ4n) is 6.54. The van der Waals surface area contributed by atoms with Crippen molar-refractivity contribution in [2.24, 2.45) is 9.98 Å². The van der Waals surface area contributed by atoms with Crippen LogP contribution in [0.1, 0.15) is 85.0 Å². The highest BCUT2D eigenvalue weighted by Gasteiger charge is 2.31. The topological polar surface area (TPSA) is 31.2 Å². The molecule has 0 N–H and O–H groups in total. The molecule has 230 valence electrons. The van der Waals surface area contributed by atoms with Crippen LogP contribution in [0.3, 0.4) is 0 Å². The summed E-state index contributed by atoms with van der Waals surface area (Å²) >= 11 is 0. The van der Waals surface area contributed by atoms with Crippen LogP contribution < -0.4 is 9.80 Å². The maximum absolute atomic E-state index is 5.37. The molecule has 4 nitrogen and oxygen atoms in total. The van der Waals surface area contributed by atoms with E-state index in [1.165, 1.54) is 33.6 Å². The Morgan fingerprint density at radius 1 is 0.478 bits per heavy atom. The fraction of sp³-hybridized carbons (Fsp3) is 0.238. The Labute approximate surface area is 273 Å². The van der Waals surface area contributed by atoms with Crippen LogP contribution in [0, 0.1) is 0 Å². The zero-order valence-corrected chi connectivity index (χ0v) is 27.2. The predicted octanol–water partition coefficient (Wildman–Crippen LogP) is 9.95. The van der Waals surface area contributed by atoms with Crippen LogP contribution in [0.25, 0.3) is 0 Å². The highest BCUT2D eigenvalue weighted by atomic mass is 15.3. The molecular formula is C42H42N4. The molecule has 0 spiro atoms. The molecule has 7 rings (SSSR count). The Morgan fingerprint density at radius 3 is 1.24 bits per heavy atom. The molecule has 0 radical (unpaired) electrons. The second-order valence-corrected chi connectivity index (χ2v) is 13.1. The monoisotopic (exact) mass is 602 g/mol. The van der Waals surface area contributed by atoms with E-state index in [1.54, 1.807) is 0 Å². The number of hydrogen-bond donors (Lipinski definition) is 0. The van der Waals surface area contributed by atoms with E-state index in [9.17, 15) is 0 Å². The highest BCUT2D eigenvalue weighted by Crippen LogP contribution is 2.35. The molecule has 2 atom stereocenters. The quantitative estimate of drug-likeness (QED) is 0.177. The van der Waals surface area contributed by atoms with Crippen LogP contribution in [-0.2, 0) is 0 Å². The summed E-state index contributed by atoms with van der Waals surface area (Å²) in [7, 11) is 0. The third-order valence-corrected chi connectivity index (χ3v) is 9.27. The van der Waals surface area contributed by atoms with Gasteiger partial charge in [0.25, 0.3) is 0 Å². The third-order valence-electron chi connectivity index (χ3n) is 9.27. The fourth-order valence-corrected chi connectivity index (χ4v) is 6.54. The van der Waals surface area contributed by atoms with Crippen molar-refractivity contribution in [1.82, 2.24) is 0 Å². The zero-order valence-electron chi connectivity index (χ0n) is 27.2. The molecule has 0 fully saturated rings. The summed E-state index contributed by atoms with van der Waals surface area (Å²) in [6.45, 7) is 10.6. The summed E-state index contributed by atoms with van der Waals surface area (Å²) < 4.78 is 0. The van der Waals surface area contributed by atoms with Crippen LogP contribution in [0.5, 0.6) is 0 Å². The van der Waals surface area contributed by atoms with Crippen molar-refractivity contribution in [1.29, 1.82) is 0 Å². The molecule has 46 heavy (non-hydrogen) atoms. The second-order valence-electron chi connectivity index (χ2n) is 13.1. The van der Waals surface area contributed by atoms with E-state index in [-0.39, 0.29) is 12.1 Å². The second kappa shape index (κ2) is 12.8. The molecule has 0 amide bonds. The SMILES string of the molecule is CC(C)c1ccc(N2C[C@H](c3ccccc3)N=C2c2cccc(C3=N[C@@H](c4ccccc4)CN3c3ccc(C(C)C)cc3)c2)cc1. The Balaban J connectivity index is 1.28. The van der Waals surface area contributed by atoms with Gasteiger partial charge in [0, 0.05) is 22.5 Å². The molecule has 5 aromatic carbocycles. The lowest BCUT2D eigenvalue weighted by atomic mass is 10.0. The Hall–Kier alpha value is -4.96. The lowest BCUT2D eigenvalue weighted by Gasteiger charge is -2.24. The van der Waals surface area contributed by atoms with Gasteiger partial charge in [0.15, 0.2) is 0 Å². The summed E-state index contributed by atoms with van der Waals surface area (Å²) in [5.41, 5.74) is 9.70. The van der Waals surface area contributed by atoms with Gasteiger partial charge in [0.2, 0.25) is 0 Å². The van der Waals surface area contributed by atoms with Gasteiger partial charge >= 0.3 is 0 Å². The van der Waals surface area contributed by atoms with Gasteiger partial charge in [-0.15, -0.1) is 0 Å². The first-order valence-corrected chi connectivity index (χ1v) is 16.6. The first kappa shape index (κ1) is 29.7. The van der Waals surface area contributed by atoms with Gasteiger partial charge in [-0.2, -0.15) is 0 Å². The van der Waals surface area contributed by atoms with Crippen molar-refractivity contribution in [3.63, 3.8) is 0 Å². The van der Waals surface area contributed by atoms with Gasteiger partial charge in [0.1, 0.15) is 11.7 Å². The maximum atomic E-state index is 5.37. The van der Waals surface area contributed by atoms with Crippen molar-refractivity contribution in [3.8, 4) is 0 Å². The van der Waals surface area contributed by atoms with Gasteiger partial charge in [-0.05, 0) is 64.4 Å². The standard InChI is InChI=1S/C42H42N4/c1-29(2)31-18-22-37(23-19-31)45-27-39(33-12-7-5-8-13-33)43-41(45)35-16-11-17-36(26-35)42-44-40(34-14-9-6-10-15-34)28-46(42)38-24-20-32(21-25-38)30(3)4/h5-26,29-30,39-40H,27-28H2,1-4H3/t39-,40-/m1/s1. The summed E-state index contributed by atoms with van der Waals surface area (Å²) in [6, 6.07) is 48.3. The number of amidine groups is 2. The number of aliphatic imine (C=N–C) groups is 2. The molecule has 0 saturated heterocycles. The number of anilines is 2. The molecule has 5 aromatic rings. The molecule has 0 bridgehead atoms. The van der Waals surface area contributed by atoms with Crippen LogP contribution in [0.15, 0.2) is 143 Å². The van der Waals surface area contributed by atoms with Gasteiger partial charge in [-0.3, -0.25) is 9.98 Å². The average molecular weight is 603 g/mol. The van der Waals surface area contributed by atoms with Crippen molar-refractivity contribution in [3.05, 3.63) is 167 Å². The van der Waals surface area contributed by atoms with E-state index in [0.29, 0.717) is 11.8 Å². The summed E-state index contributed by atoms with van der Waals surface area (Å²) in [5.74, 6) is 2.98. The van der Waals surface area contributed by atoms with Crippen LogP contribution in [-0.4, -0.2) is 24.8 Å². The number of rotatable bonds is 8. The maximum Gasteiger partial charge on any atom is 0.136 e. The molecule has 0 aromatic heterocycles. The first-order chi connectivity index (χ1) is 22.4. The zero-order chi connectivity index (χ0) is 31.6. The lowest BCUT2D eigenvalue weighted by Crippen LogP contribution is -2.30. The van der Waals surface area contributed by atoms with Crippen LogP contribution in [0.4, 0.5) is 11.4 Å². The van der Waals surface area contributed by atoms with Crippen molar-refractivity contribution in [2.75, 3.05) is 22.9 Å². The minimum atomic E-state index is 0.0619. The number of benzene rings is 5. The van der Waals surface area contributed by atoms with E-state index in [2.05, 4.69) is 171 Å². The van der Waals surface area contributed by atoms with E-state index in [4.69, 9.17) is 9.98 Å². The van der Waals surface area contributed by atoms with Crippen molar-refractivity contribution >= 4 is 23.0 Å². The number of nitrogens with zero attached hydrogens (tertiary/aromatic N) is 4. The Kier molecular flexibility index (Phi) is 8.28. The Bertz CT molecular complexity index is 1700. The van der Waals surface area contributed by atoms with Crippen molar-refractivity contribution < 1.29 is 0 Å². The minimum Gasteiger partial charge on any atom is -0.324 e. The van der Waals surface area contributed by atoms with Crippen LogP contribution in [0.2, 0.25) is 0 Å². The lowest BCUT2D eigenvalue weighted by molar-refractivity contribution is 0.780. The number of hydrogen-bond acceptors (Lipinski definition) is 4. The molecule has 0 unspecified atom stereocenters. The first-order valence-electron chi connectivity index (χ1n) is 16.6. The van der Waals surface area contributed by atoms with E-state index in [0.717, 1.165) is 35.9 Å². The smallest absolute Gasteiger partial charge is 0.136 e. The molecule has 2 aliphatic heterocycles. The minimum absolute atomic E-state index is 0.0619. The Morgan fingerprint density at radius 2 is 0.870 bits per heavy atom. The molecule has 0 saturated carbocycles. The summed E-state index contributed by atoms with van der Waals surface area (Å²) in [5, 5.41) is 0. The van der Waals surface area contributed by atoms with Crippen LogP contribution >= 0.6 is 0 Å². The molecule has 2 aliphatic rings. The largest absolute Gasteiger partial charge is 0.324 e. The molecule has 4 heteroatoms. The van der Waals surface area contributed by atoms with E-state index >= 15 is 0 Å². The predicted molar refractivity (Wildman–Crippen MR) is 194 cm³/mol. The molecular weight excluding hydrogens is 560 g/mol. The van der Waals surface area contributed by atoms with Crippen molar-refractivity contribution in [2.45, 2.75) is 51.6 Å². The summed E-state index contributed by atoms with van der Waals surface area (Å²) in [6.07, 6.45) is 0. The molecule has 0 aliphatic carbocycles. The third kappa shape index (κ3) is 6.00. The molecule has 2 heterocycles. The normalized spacial score (nSPS) is 18.0. The van der Waals surface area contributed by atoms with E-state index < -0.39 is 0 Å². The average Bonchev–Trinajstić information content (AvgIpc) is 3.76.